The average molecular weight is 230 g/mol. The third-order valence-corrected chi connectivity index (χ3v) is 2.21. The molecule has 0 amide bonds. The molecule has 1 heterocycles. The molecule has 4 heteroatoms. The maximum Gasteiger partial charge on any atom is 0.374 e. The SMILES string of the molecule is COC(=O)c1cc(=O)cc(-c2ccccc2)o1. The lowest BCUT2D eigenvalue weighted by Gasteiger charge is -2.02. The van der Waals surface area contributed by atoms with Crippen molar-refractivity contribution in [1.82, 2.24) is 0 Å². The van der Waals surface area contributed by atoms with Gasteiger partial charge in [-0.2, -0.15) is 0 Å². The number of benzene rings is 1. The monoisotopic (exact) mass is 230 g/mol. The molecule has 0 radical (unpaired) electrons. The van der Waals surface area contributed by atoms with Crippen LogP contribution in [0, 0.1) is 0 Å². The second-order valence-corrected chi connectivity index (χ2v) is 3.38. The van der Waals surface area contributed by atoms with E-state index in [1.54, 1.807) is 12.1 Å². The van der Waals surface area contributed by atoms with Crippen LogP contribution >= 0.6 is 0 Å². The van der Waals surface area contributed by atoms with E-state index in [-0.39, 0.29) is 11.2 Å². The number of hydrogen-bond donors (Lipinski definition) is 0. The van der Waals surface area contributed by atoms with Crippen molar-refractivity contribution in [3.05, 3.63) is 58.4 Å². The van der Waals surface area contributed by atoms with Gasteiger partial charge in [-0.25, -0.2) is 4.79 Å². The second kappa shape index (κ2) is 4.65. The molecule has 0 bridgehead atoms. The lowest BCUT2D eigenvalue weighted by atomic mass is 10.1. The van der Waals surface area contributed by atoms with Gasteiger partial charge in [0.2, 0.25) is 5.76 Å². The summed E-state index contributed by atoms with van der Waals surface area (Å²) in [5, 5.41) is 0. The van der Waals surface area contributed by atoms with Crippen LogP contribution in [-0.4, -0.2) is 13.1 Å². The van der Waals surface area contributed by atoms with E-state index in [1.165, 1.54) is 13.2 Å². The van der Waals surface area contributed by atoms with E-state index in [1.807, 2.05) is 18.2 Å². The second-order valence-electron chi connectivity index (χ2n) is 3.38. The maximum atomic E-state index is 11.4. The van der Waals surface area contributed by atoms with E-state index < -0.39 is 5.97 Å². The molecule has 0 fully saturated rings. The van der Waals surface area contributed by atoms with Crippen molar-refractivity contribution < 1.29 is 13.9 Å². The summed E-state index contributed by atoms with van der Waals surface area (Å²) < 4.78 is 9.83. The Morgan fingerprint density at radius 3 is 2.53 bits per heavy atom. The lowest BCUT2D eigenvalue weighted by Crippen LogP contribution is -2.07. The summed E-state index contributed by atoms with van der Waals surface area (Å²) in [6.07, 6.45) is 0. The van der Waals surface area contributed by atoms with Crippen LogP contribution in [0.2, 0.25) is 0 Å². The number of esters is 1. The predicted molar refractivity (Wildman–Crippen MR) is 61.8 cm³/mol. The van der Waals surface area contributed by atoms with Gasteiger partial charge >= 0.3 is 5.97 Å². The molecule has 4 nitrogen and oxygen atoms in total. The Kier molecular flexibility index (Phi) is 3.05. The molecule has 1 aromatic heterocycles. The van der Waals surface area contributed by atoms with Crippen LogP contribution in [0.25, 0.3) is 11.3 Å². The normalized spacial score (nSPS) is 9.94. The first-order valence-electron chi connectivity index (χ1n) is 4.99. The molecule has 2 aromatic rings. The van der Waals surface area contributed by atoms with Gasteiger partial charge in [-0.1, -0.05) is 30.3 Å². The third-order valence-electron chi connectivity index (χ3n) is 2.21. The molecule has 0 aliphatic carbocycles. The summed E-state index contributed by atoms with van der Waals surface area (Å²) in [4.78, 5) is 22.7. The first-order valence-corrected chi connectivity index (χ1v) is 4.99. The number of methoxy groups -OCH3 is 1. The van der Waals surface area contributed by atoms with Crippen LogP contribution < -0.4 is 5.43 Å². The summed E-state index contributed by atoms with van der Waals surface area (Å²) >= 11 is 0. The number of carbonyl (C=O) groups is 1. The van der Waals surface area contributed by atoms with Crippen molar-refractivity contribution in [3.8, 4) is 11.3 Å². The van der Waals surface area contributed by atoms with E-state index in [9.17, 15) is 9.59 Å². The van der Waals surface area contributed by atoms with Crippen LogP contribution in [0.5, 0.6) is 0 Å². The summed E-state index contributed by atoms with van der Waals surface area (Å²) in [7, 11) is 1.23. The zero-order chi connectivity index (χ0) is 12.3. The summed E-state index contributed by atoms with van der Waals surface area (Å²) in [5.41, 5.74) is 0.436. The molecule has 0 atom stereocenters. The van der Waals surface area contributed by atoms with Gasteiger partial charge in [0, 0.05) is 17.7 Å². The first-order chi connectivity index (χ1) is 8.20. The van der Waals surface area contributed by atoms with Crippen LogP contribution in [0.4, 0.5) is 0 Å². The third kappa shape index (κ3) is 2.42. The molecule has 17 heavy (non-hydrogen) atoms. The highest BCUT2D eigenvalue weighted by molar-refractivity contribution is 5.86. The van der Waals surface area contributed by atoms with Crippen molar-refractivity contribution in [2.45, 2.75) is 0 Å². The average Bonchev–Trinajstić information content (AvgIpc) is 2.38. The minimum atomic E-state index is -0.667. The summed E-state index contributed by atoms with van der Waals surface area (Å²) in [6.45, 7) is 0. The highest BCUT2D eigenvalue weighted by Crippen LogP contribution is 2.18. The van der Waals surface area contributed by atoms with Gasteiger partial charge in [0.25, 0.3) is 0 Å². The fraction of sp³-hybridized carbons (Fsp3) is 0.0769. The molecule has 0 spiro atoms. The summed E-state index contributed by atoms with van der Waals surface area (Å²) in [6, 6.07) is 11.5. The highest BCUT2D eigenvalue weighted by atomic mass is 16.5. The fourth-order valence-corrected chi connectivity index (χ4v) is 1.42. The number of rotatable bonds is 2. The zero-order valence-corrected chi connectivity index (χ0v) is 9.17. The van der Waals surface area contributed by atoms with Gasteiger partial charge in [-0.15, -0.1) is 0 Å². The highest BCUT2D eigenvalue weighted by Gasteiger charge is 2.11. The van der Waals surface area contributed by atoms with Crippen LogP contribution in [0.3, 0.4) is 0 Å². The predicted octanol–water partition coefficient (Wildman–Crippen LogP) is 2.09. The molecule has 0 aliphatic heterocycles. The van der Waals surface area contributed by atoms with E-state index in [4.69, 9.17) is 4.42 Å². The molecule has 0 aliphatic rings. The van der Waals surface area contributed by atoms with Crippen molar-refractivity contribution >= 4 is 5.97 Å². The number of carbonyl (C=O) groups excluding carboxylic acids is 1. The van der Waals surface area contributed by atoms with Crippen molar-refractivity contribution in [3.63, 3.8) is 0 Å². The van der Waals surface area contributed by atoms with Gasteiger partial charge in [-0.3, -0.25) is 4.79 Å². The molecular formula is C13H10O4. The Hall–Kier alpha value is -2.36. The Balaban J connectivity index is 2.53. The standard InChI is InChI=1S/C13H10O4/c1-16-13(15)12-8-10(14)7-11(17-12)9-5-3-2-4-6-9/h2-8H,1H3. The van der Waals surface area contributed by atoms with Crippen molar-refractivity contribution in [2.75, 3.05) is 7.11 Å². The minimum Gasteiger partial charge on any atom is -0.463 e. The lowest BCUT2D eigenvalue weighted by molar-refractivity contribution is 0.0563. The Morgan fingerprint density at radius 2 is 1.88 bits per heavy atom. The van der Waals surface area contributed by atoms with Gasteiger partial charge in [-0.05, 0) is 0 Å². The topological polar surface area (TPSA) is 56.5 Å². The smallest absolute Gasteiger partial charge is 0.374 e. The van der Waals surface area contributed by atoms with Crippen molar-refractivity contribution in [2.24, 2.45) is 0 Å². The quantitative estimate of drug-likeness (QED) is 0.741. The van der Waals surface area contributed by atoms with Crippen molar-refractivity contribution in [1.29, 1.82) is 0 Å². The molecule has 0 unspecified atom stereocenters. The van der Waals surface area contributed by atoms with Crippen LogP contribution in [0.15, 0.2) is 51.7 Å². The van der Waals surface area contributed by atoms with E-state index in [0.29, 0.717) is 5.76 Å². The molecule has 1 aromatic carbocycles. The van der Waals surface area contributed by atoms with Gasteiger partial charge < -0.3 is 9.15 Å². The largest absolute Gasteiger partial charge is 0.463 e. The van der Waals surface area contributed by atoms with Gasteiger partial charge in [0.05, 0.1) is 7.11 Å². The van der Waals surface area contributed by atoms with Gasteiger partial charge in [0.15, 0.2) is 5.43 Å². The van der Waals surface area contributed by atoms with E-state index in [0.717, 1.165) is 11.6 Å². The van der Waals surface area contributed by atoms with Crippen LogP contribution in [-0.2, 0) is 4.74 Å². The molecule has 2 rings (SSSR count). The Morgan fingerprint density at radius 1 is 1.18 bits per heavy atom. The molecular weight excluding hydrogens is 220 g/mol. The molecule has 86 valence electrons. The Labute approximate surface area is 97.5 Å². The minimum absolute atomic E-state index is 0.0983. The molecule has 0 N–H and O–H groups in total. The number of ether oxygens (including phenoxy) is 1. The Bertz CT molecular complexity index is 584. The van der Waals surface area contributed by atoms with Gasteiger partial charge in [0.1, 0.15) is 5.76 Å². The first kappa shape index (κ1) is 11.1. The molecule has 0 saturated carbocycles. The number of hydrogen-bond acceptors (Lipinski definition) is 4. The molecule has 0 saturated heterocycles. The van der Waals surface area contributed by atoms with E-state index in [2.05, 4.69) is 4.74 Å². The van der Waals surface area contributed by atoms with E-state index >= 15 is 0 Å². The fourth-order valence-electron chi connectivity index (χ4n) is 1.42. The summed E-state index contributed by atoms with van der Waals surface area (Å²) in [5.74, 6) is -0.419. The zero-order valence-electron chi connectivity index (χ0n) is 9.17. The van der Waals surface area contributed by atoms with Crippen LogP contribution in [0.1, 0.15) is 10.6 Å². The maximum absolute atomic E-state index is 11.4.